The van der Waals surface area contributed by atoms with E-state index < -0.39 is 17.8 Å². The predicted octanol–water partition coefficient (Wildman–Crippen LogP) is 1.92. The van der Waals surface area contributed by atoms with Crippen LogP contribution in [-0.4, -0.2) is 31.1 Å². The molecule has 0 aromatic heterocycles. The smallest absolute Gasteiger partial charge is 0.397 e. The lowest BCUT2D eigenvalue weighted by molar-refractivity contribution is -0.152. The normalized spacial score (nSPS) is 10.2. The maximum atomic E-state index is 11.9. The second-order valence-corrected chi connectivity index (χ2v) is 3.89. The summed E-state index contributed by atoms with van der Waals surface area (Å²) in [6, 6.07) is 6.26. The highest BCUT2D eigenvalue weighted by atomic mass is 16.5. The Morgan fingerprint density at radius 3 is 2.57 bits per heavy atom. The average Bonchev–Trinajstić information content (AvgIpc) is 2.48. The van der Waals surface area contributed by atoms with Crippen LogP contribution in [0.1, 0.15) is 24.2 Å². The highest BCUT2D eigenvalue weighted by molar-refractivity contribution is 6.37. The fraction of sp³-hybridized carbons (Fsp3) is 0.267. The van der Waals surface area contributed by atoms with E-state index in [0.717, 1.165) is 0 Å². The Hall–Kier alpha value is -2.63. The van der Waals surface area contributed by atoms with Gasteiger partial charge >= 0.3 is 17.8 Å². The van der Waals surface area contributed by atoms with Gasteiger partial charge in [-0.25, -0.2) is 9.59 Å². The third-order valence-corrected chi connectivity index (χ3v) is 2.40. The molecule has 0 atom stereocenters. The number of anilines is 1. The van der Waals surface area contributed by atoms with Gasteiger partial charge in [-0.05, 0) is 26.0 Å². The zero-order valence-electron chi connectivity index (χ0n) is 11.9. The van der Waals surface area contributed by atoms with Crippen LogP contribution in [0, 0.1) is 0 Å². The number of amides is 1. The maximum absolute atomic E-state index is 11.9. The van der Waals surface area contributed by atoms with Crippen molar-refractivity contribution in [2.45, 2.75) is 13.8 Å². The van der Waals surface area contributed by atoms with E-state index in [1.807, 2.05) is 0 Å². The van der Waals surface area contributed by atoms with Crippen LogP contribution in [0.3, 0.4) is 0 Å². The average molecular weight is 291 g/mol. The molecular formula is C15H17NO5. The van der Waals surface area contributed by atoms with Crippen molar-refractivity contribution >= 4 is 23.5 Å². The summed E-state index contributed by atoms with van der Waals surface area (Å²) in [6.07, 6.45) is 3.43. The van der Waals surface area contributed by atoms with Crippen LogP contribution in [0.4, 0.5) is 5.69 Å². The van der Waals surface area contributed by atoms with E-state index in [0.29, 0.717) is 0 Å². The molecule has 0 aliphatic heterocycles. The molecule has 1 N–H and O–H groups in total. The van der Waals surface area contributed by atoms with E-state index in [-0.39, 0.29) is 24.5 Å². The quantitative estimate of drug-likeness (QED) is 0.509. The molecule has 21 heavy (non-hydrogen) atoms. The summed E-state index contributed by atoms with van der Waals surface area (Å²) < 4.78 is 9.58. The summed E-state index contributed by atoms with van der Waals surface area (Å²) in [4.78, 5) is 34.8. The van der Waals surface area contributed by atoms with Gasteiger partial charge in [-0.3, -0.25) is 4.79 Å². The lowest BCUT2D eigenvalue weighted by atomic mass is 10.2. The monoisotopic (exact) mass is 291 g/mol. The minimum Gasteiger partial charge on any atom is -0.459 e. The van der Waals surface area contributed by atoms with Gasteiger partial charge in [0, 0.05) is 0 Å². The number of carbonyl (C=O) groups excluding carboxylic acids is 3. The molecule has 0 bridgehead atoms. The summed E-state index contributed by atoms with van der Waals surface area (Å²) in [5, 5.41) is 2.33. The number of hydrogen-bond acceptors (Lipinski definition) is 5. The van der Waals surface area contributed by atoms with Gasteiger partial charge in [0.1, 0.15) is 6.61 Å². The molecule has 0 aliphatic rings. The molecule has 0 fully saturated rings. The minimum absolute atomic E-state index is 0.0965. The van der Waals surface area contributed by atoms with E-state index in [4.69, 9.17) is 4.74 Å². The summed E-state index contributed by atoms with van der Waals surface area (Å²) in [5.74, 6) is -2.53. The molecule has 1 aromatic rings. The molecule has 112 valence electrons. The number of benzene rings is 1. The first kappa shape index (κ1) is 16.4. The second kappa shape index (κ2) is 8.52. The van der Waals surface area contributed by atoms with Crippen molar-refractivity contribution in [1.29, 1.82) is 0 Å². The number of rotatable bonds is 5. The molecule has 0 saturated heterocycles. The number of para-hydroxylation sites is 1. The van der Waals surface area contributed by atoms with Crippen molar-refractivity contribution in [3.8, 4) is 0 Å². The number of allylic oxidation sites excluding steroid dienone is 1. The van der Waals surface area contributed by atoms with Crippen LogP contribution in [0.2, 0.25) is 0 Å². The van der Waals surface area contributed by atoms with Crippen molar-refractivity contribution in [2.24, 2.45) is 0 Å². The molecule has 1 rings (SSSR count). The van der Waals surface area contributed by atoms with Crippen LogP contribution in [-0.2, 0) is 19.1 Å². The van der Waals surface area contributed by atoms with Gasteiger partial charge in [0.05, 0.1) is 17.9 Å². The first-order chi connectivity index (χ1) is 10.1. The molecule has 0 saturated carbocycles. The molecule has 1 aromatic carbocycles. The third-order valence-electron chi connectivity index (χ3n) is 2.40. The van der Waals surface area contributed by atoms with E-state index >= 15 is 0 Å². The van der Waals surface area contributed by atoms with Crippen LogP contribution >= 0.6 is 0 Å². The minimum atomic E-state index is -1.01. The van der Waals surface area contributed by atoms with Gasteiger partial charge < -0.3 is 14.8 Å². The zero-order chi connectivity index (χ0) is 15.7. The van der Waals surface area contributed by atoms with Gasteiger partial charge in [-0.2, -0.15) is 0 Å². The van der Waals surface area contributed by atoms with Crippen molar-refractivity contribution in [3.05, 3.63) is 42.0 Å². The fourth-order valence-electron chi connectivity index (χ4n) is 1.44. The Bertz CT molecular complexity index is 551. The van der Waals surface area contributed by atoms with Gasteiger partial charge in [0.15, 0.2) is 0 Å². The molecule has 6 heteroatoms. The topological polar surface area (TPSA) is 81.7 Å². The largest absolute Gasteiger partial charge is 0.459 e. The molecule has 0 unspecified atom stereocenters. The molecule has 0 radical (unpaired) electrons. The second-order valence-electron chi connectivity index (χ2n) is 3.89. The summed E-state index contributed by atoms with van der Waals surface area (Å²) in [5.41, 5.74) is 0.362. The van der Waals surface area contributed by atoms with Crippen LogP contribution in [0.25, 0.3) is 0 Å². The first-order valence-electron chi connectivity index (χ1n) is 6.45. The number of nitrogens with one attached hydrogen (secondary N) is 1. The highest BCUT2D eigenvalue weighted by Gasteiger charge is 2.19. The molecule has 0 aliphatic carbocycles. The van der Waals surface area contributed by atoms with Crippen LogP contribution in [0.15, 0.2) is 36.4 Å². The Morgan fingerprint density at radius 1 is 1.19 bits per heavy atom. The highest BCUT2D eigenvalue weighted by Crippen LogP contribution is 2.16. The Morgan fingerprint density at radius 2 is 1.90 bits per heavy atom. The number of carbonyl (C=O) groups is 3. The van der Waals surface area contributed by atoms with Gasteiger partial charge in [0.2, 0.25) is 0 Å². The Kier molecular flexibility index (Phi) is 6.67. The summed E-state index contributed by atoms with van der Waals surface area (Å²) >= 11 is 0. The first-order valence-corrected chi connectivity index (χ1v) is 6.45. The summed E-state index contributed by atoms with van der Waals surface area (Å²) in [6.45, 7) is 3.63. The van der Waals surface area contributed by atoms with Gasteiger partial charge in [0.25, 0.3) is 0 Å². The zero-order valence-corrected chi connectivity index (χ0v) is 11.9. The lowest BCUT2D eigenvalue weighted by Gasteiger charge is -2.09. The van der Waals surface area contributed by atoms with E-state index in [1.165, 1.54) is 12.1 Å². The van der Waals surface area contributed by atoms with Crippen molar-refractivity contribution in [2.75, 3.05) is 18.5 Å². The van der Waals surface area contributed by atoms with E-state index in [2.05, 4.69) is 10.1 Å². The van der Waals surface area contributed by atoms with Crippen molar-refractivity contribution < 1.29 is 23.9 Å². The molecular weight excluding hydrogens is 274 g/mol. The molecule has 6 nitrogen and oxygen atoms in total. The Labute approximate surface area is 122 Å². The SMILES string of the molecule is C/C=C/COC(=O)c1ccccc1NC(=O)C(=O)OCC. The summed E-state index contributed by atoms with van der Waals surface area (Å²) in [7, 11) is 0. The molecule has 0 spiro atoms. The van der Waals surface area contributed by atoms with Gasteiger partial charge in [-0.15, -0.1) is 0 Å². The number of hydrogen-bond donors (Lipinski definition) is 1. The fourth-order valence-corrected chi connectivity index (χ4v) is 1.44. The van der Waals surface area contributed by atoms with Crippen molar-refractivity contribution in [3.63, 3.8) is 0 Å². The van der Waals surface area contributed by atoms with Crippen LogP contribution < -0.4 is 5.32 Å². The third kappa shape index (κ3) is 5.10. The van der Waals surface area contributed by atoms with Crippen LogP contribution in [0.5, 0.6) is 0 Å². The van der Waals surface area contributed by atoms with E-state index in [1.54, 1.807) is 38.1 Å². The van der Waals surface area contributed by atoms with E-state index in [9.17, 15) is 14.4 Å². The van der Waals surface area contributed by atoms with Gasteiger partial charge in [-0.1, -0.05) is 24.3 Å². The molecule has 1 amide bonds. The lowest BCUT2D eigenvalue weighted by Crippen LogP contribution is -2.26. The van der Waals surface area contributed by atoms with Crippen molar-refractivity contribution in [1.82, 2.24) is 0 Å². The predicted molar refractivity (Wildman–Crippen MR) is 76.8 cm³/mol. The standard InChI is InChI=1S/C15H17NO5/c1-3-5-10-21-14(18)11-8-6-7-9-12(11)16-13(17)15(19)20-4-2/h3,5-9H,4,10H2,1-2H3,(H,16,17)/b5-3+. The number of esters is 2. The number of ether oxygens (including phenoxy) is 2. The maximum Gasteiger partial charge on any atom is 0.397 e. The Balaban J connectivity index is 2.81. The molecule has 0 heterocycles.